The molecule has 24 heavy (non-hydrogen) atoms. The SMILES string of the molecule is CCOC(=O)N(C)c1c(C#N)cnn1-c1nn2c(c1Cl)CCCC2. The lowest BCUT2D eigenvalue weighted by Crippen LogP contribution is -2.29. The van der Waals surface area contributed by atoms with Crippen LogP contribution in [0.1, 0.15) is 31.0 Å². The maximum Gasteiger partial charge on any atom is 0.415 e. The van der Waals surface area contributed by atoms with E-state index < -0.39 is 6.09 Å². The fourth-order valence-electron chi connectivity index (χ4n) is 2.78. The van der Waals surface area contributed by atoms with E-state index in [-0.39, 0.29) is 18.0 Å². The van der Waals surface area contributed by atoms with Gasteiger partial charge in [0.2, 0.25) is 0 Å². The number of amides is 1. The first kappa shape index (κ1) is 16.3. The molecule has 0 aliphatic carbocycles. The van der Waals surface area contributed by atoms with Crippen LogP contribution in [0.5, 0.6) is 0 Å². The molecule has 0 unspecified atom stereocenters. The van der Waals surface area contributed by atoms with Crippen molar-refractivity contribution in [1.29, 1.82) is 5.26 Å². The van der Waals surface area contributed by atoms with Crippen LogP contribution in [-0.4, -0.2) is 39.3 Å². The smallest absolute Gasteiger partial charge is 0.415 e. The van der Waals surface area contributed by atoms with Crippen LogP contribution in [0.15, 0.2) is 6.20 Å². The number of hydrogen-bond donors (Lipinski definition) is 0. The number of anilines is 1. The van der Waals surface area contributed by atoms with Crippen molar-refractivity contribution < 1.29 is 9.53 Å². The zero-order valence-corrected chi connectivity index (χ0v) is 14.2. The van der Waals surface area contributed by atoms with Crippen LogP contribution in [-0.2, 0) is 17.7 Å². The number of nitrogens with zero attached hydrogens (tertiary/aromatic N) is 6. The van der Waals surface area contributed by atoms with Crippen LogP contribution in [0.2, 0.25) is 5.02 Å². The Hall–Kier alpha value is -2.53. The Bertz CT molecular complexity index is 819. The molecule has 0 radical (unpaired) electrons. The van der Waals surface area contributed by atoms with E-state index in [1.54, 1.807) is 6.92 Å². The molecule has 3 heterocycles. The molecule has 0 spiro atoms. The number of rotatable bonds is 3. The molecule has 0 atom stereocenters. The maximum absolute atomic E-state index is 12.1. The molecule has 0 saturated carbocycles. The van der Waals surface area contributed by atoms with Gasteiger partial charge in [-0.25, -0.2) is 4.79 Å². The summed E-state index contributed by atoms with van der Waals surface area (Å²) in [5.41, 5.74) is 1.20. The van der Waals surface area contributed by atoms with Gasteiger partial charge in [-0.1, -0.05) is 11.6 Å². The molecule has 2 aromatic heterocycles. The van der Waals surface area contributed by atoms with E-state index in [1.807, 2.05) is 10.8 Å². The zero-order chi connectivity index (χ0) is 17.3. The summed E-state index contributed by atoms with van der Waals surface area (Å²) < 4.78 is 8.29. The fraction of sp³-hybridized carbons (Fsp3) is 0.467. The van der Waals surface area contributed by atoms with Crippen LogP contribution in [0.25, 0.3) is 5.82 Å². The Balaban J connectivity index is 2.10. The Labute approximate surface area is 144 Å². The second-order valence-corrected chi connectivity index (χ2v) is 5.81. The lowest BCUT2D eigenvalue weighted by Gasteiger charge is -2.17. The predicted molar refractivity (Wildman–Crippen MR) is 87.4 cm³/mol. The Morgan fingerprint density at radius 3 is 3.00 bits per heavy atom. The minimum Gasteiger partial charge on any atom is -0.449 e. The third kappa shape index (κ3) is 2.61. The summed E-state index contributed by atoms with van der Waals surface area (Å²) in [5, 5.41) is 18.6. The number of ether oxygens (including phenoxy) is 1. The van der Waals surface area contributed by atoms with E-state index in [2.05, 4.69) is 10.2 Å². The summed E-state index contributed by atoms with van der Waals surface area (Å²) in [6.07, 6.45) is 3.77. The Morgan fingerprint density at radius 1 is 1.54 bits per heavy atom. The first-order chi connectivity index (χ1) is 11.6. The molecule has 0 saturated heterocycles. The van der Waals surface area contributed by atoms with E-state index in [4.69, 9.17) is 16.3 Å². The molecule has 0 fully saturated rings. The molecule has 0 aromatic carbocycles. The van der Waals surface area contributed by atoms with Crippen molar-refractivity contribution in [2.75, 3.05) is 18.6 Å². The van der Waals surface area contributed by atoms with E-state index in [0.29, 0.717) is 10.8 Å². The van der Waals surface area contributed by atoms with E-state index in [1.165, 1.54) is 22.8 Å². The van der Waals surface area contributed by atoms with Gasteiger partial charge in [0.05, 0.1) is 18.5 Å². The van der Waals surface area contributed by atoms with E-state index in [0.717, 1.165) is 31.5 Å². The van der Waals surface area contributed by atoms with Crippen LogP contribution in [0, 0.1) is 11.3 Å². The number of carbonyl (C=O) groups excluding carboxylic acids is 1. The van der Waals surface area contributed by atoms with Crippen molar-refractivity contribution in [3.8, 4) is 11.9 Å². The van der Waals surface area contributed by atoms with Crippen molar-refractivity contribution in [2.24, 2.45) is 0 Å². The monoisotopic (exact) mass is 348 g/mol. The summed E-state index contributed by atoms with van der Waals surface area (Å²) in [6.45, 7) is 2.75. The molecule has 2 aromatic rings. The van der Waals surface area contributed by atoms with Gasteiger partial charge in [-0.05, 0) is 26.2 Å². The predicted octanol–water partition coefficient (Wildman–Crippen LogP) is 2.52. The van der Waals surface area contributed by atoms with Crippen molar-refractivity contribution in [3.05, 3.63) is 22.5 Å². The molecule has 3 rings (SSSR count). The van der Waals surface area contributed by atoms with Crippen molar-refractivity contribution in [3.63, 3.8) is 0 Å². The molecular weight excluding hydrogens is 332 g/mol. The number of aromatic nitrogens is 4. The second kappa shape index (κ2) is 6.53. The highest BCUT2D eigenvalue weighted by molar-refractivity contribution is 6.33. The number of aryl methyl sites for hydroxylation is 1. The second-order valence-electron chi connectivity index (χ2n) is 5.43. The highest BCUT2D eigenvalue weighted by Crippen LogP contribution is 2.32. The van der Waals surface area contributed by atoms with Gasteiger partial charge >= 0.3 is 6.09 Å². The Morgan fingerprint density at radius 2 is 2.33 bits per heavy atom. The third-order valence-corrected chi connectivity index (χ3v) is 4.32. The largest absolute Gasteiger partial charge is 0.449 e. The topological polar surface area (TPSA) is 89.0 Å². The van der Waals surface area contributed by atoms with Crippen LogP contribution >= 0.6 is 11.6 Å². The highest BCUT2D eigenvalue weighted by atomic mass is 35.5. The van der Waals surface area contributed by atoms with Gasteiger partial charge in [0.25, 0.3) is 0 Å². The van der Waals surface area contributed by atoms with Gasteiger partial charge in [0, 0.05) is 13.6 Å². The maximum atomic E-state index is 12.1. The minimum atomic E-state index is -0.573. The average Bonchev–Trinajstić information content (AvgIpc) is 3.15. The van der Waals surface area contributed by atoms with E-state index >= 15 is 0 Å². The number of carbonyl (C=O) groups is 1. The summed E-state index contributed by atoms with van der Waals surface area (Å²) in [7, 11) is 1.52. The summed E-state index contributed by atoms with van der Waals surface area (Å²) >= 11 is 6.48. The number of halogens is 1. The molecule has 1 amide bonds. The van der Waals surface area contributed by atoms with Gasteiger partial charge in [0.1, 0.15) is 16.7 Å². The normalized spacial score (nSPS) is 13.2. The molecule has 1 aliphatic heterocycles. The number of fused-ring (bicyclic) bond motifs is 1. The standard InChI is InChI=1S/C15H17ClN6O2/c1-3-24-15(23)20(2)14-10(8-17)9-18-22(14)13-12(16)11-6-4-5-7-21(11)19-13/h9H,3-7H2,1-2H3. The lowest BCUT2D eigenvalue weighted by atomic mass is 10.1. The average molecular weight is 349 g/mol. The van der Waals surface area contributed by atoms with Gasteiger partial charge < -0.3 is 4.74 Å². The third-order valence-electron chi connectivity index (χ3n) is 3.93. The first-order valence-electron chi connectivity index (χ1n) is 7.72. The van der Waals surface area contributed by atoms with Gasteiger partial charge in [-0.3, -0.25) is 9.58 Å². The van der Waals surface area contributed by atoms with Gasteiger partial charge in [0.15, 0.2) is 11.6 Å². The highest BCUT2D eigenvalue weighted by Gasteiger charge is 2.27. The molecular formula is C15H17ClN6O2. The number of hydrogen-bond acceptors (Lipinski definition) is 5. The summed E-state index contributed by atoms with van der Waals surface area (Å²) in [4.78, 5) is 13.3. The van der Waals surface area contributed by atoms with Gasteiger partial charge in [-0.2, -0.15) is 20.1 Å². The summed E-state index contributed by atoms with van der Waals surface area (Å²) in [5.74, 6) is 0.703. The summed E-state index contributed by atoms with van der Waals surface area (Å²) in [6, 6.07) is 2.03. The van der Waals surface area contributed by atoms with Gasteiger partial charge in [-0.15, -0.1) is 0 Å². The fourth-order valence-corrected chi connectivity index (χ4v) is 3.09. The first-order valence-corrected chi connectivity index (χ1v) is 8.10. The van der Waals surface area contributed by atoms with Crippen LogP contribution < -0.4 is 4.90 Å². The van der Waals surface area contributed by atoms with Crippen molar-refractivity contribution in [1.82, 2.24) is 19.6 Å². The van der Waals surface area contributed by atoms with Crippen molar-refractivity contribution in [2.45, 2.75) is 32.7 Å². The molecule has 8 nitrogen and oxygen atoms in total. The molecule has 0 bridgehead atoms. The van der Waals surface area contributed by atoms with Crippen molar-refractivity contribution >= 4 is 23.5 Å². The molecule has 126 valence electrons. The lowest BCUT2D eigenvalue weighted by molar-refractivity contribution is 0.161. The Kier molecular flexibility index (Phi) is 4.44. The molecule has 1 aliphatic rings. The molecule has 0 N–H and O–H groups in total. The quantitative estimate of drug-likeness (QED) is 0.850. The molecule has 9 heteroatoms. The number of nitriles is 1. The minimum absolute atomic E-state index is 0.235. The van der Waals surface area contributed by atoms with E-state index in [9.17, 15) is 10.1 Å². The van der Waals surface area contributed by atoms with Crippen LogP contribution in [0.4, 0.5) is 10.6 Å². The zero-order valence-electron chi connectivity index (χ0n) is 13.5. The van der Waals surface area contributed by atoms with Crippen LogP contribution in [0.3, 0.4) is 0 Å².